The summed E-state index contributed by atoms with van der Waals surface area (Å²) in [4.78, 5) is 0. The Hall–Kier alpha value is -1.89. The van der Waals surface area contributed by atoms with Crippen molar-refractivity contribution in [2.24, 2.45) is 0 Å². The average Bonchev–Trinajstić information content (AvgIpc) is 3.09. The molecule has 122 valence electrons. The number of hydrogen-bond donors (Lipinski definition) is 0. The number of benzene rings is 3. The van der Waals surface area contributed by atoms with Crippen molar-refractivity contribution < 1.29 is 4.39 Å². The van der Waals surface area contributed by atoms with Gasteiger partial charge < -0.3 is 0 Å². The second kappa shape index (κ2) is 7.56. The van der Waals surface area contributed by atoms with Gasteiger partial charge in [-0.05, 0) is 0 Å². The molecule has 0 fully saturated rings. The molecule has 0 nitrogen and oxygen atoms in total. The SMILES string of the molecule is Fc1ccc([Se]c2cc(-c3ccccc3)[se]c2-c2ccccc2)cc1. The van der Waals surface area contributed by atoms with Crippen molar-refractivity contribution >= 4 is 38.4 Å². The Labute approximate surface area is 159 Å². The van der Waals surface area contributed by atoms with Crippen LogP contribution in [0.4, 0.5) is 4.39 Å². The van der Waals surface area contributed by atoms with Crippen LogP contribution in [0.2, 0.25) is 0 Å². The summed E-state index contributed by atoms with van der Waals surface area (Å²) < 4.78 is 18.7. The van der Waals surface area contributed by atoms with Gasteiger partial charge in [-0.1, -0.05) is 0 Å². The maximum absolute atomic E-state index is 13.2. The molecule has 0 atom stereocenters. The molecular formula is C22H15FSe2. The van der Waals surface area contributed by atoms with Crippen LogP contribution >= 0.6 is 0 Å². The Morgan fingerprint density at radius 2 is 1.28 bits per heavy atom. The van der Waals surface area contributed by atoms with Gasteiger partial charge in [-0.15, -0.1) is 0 Å². The Bertz CT molecular complexity index is 958. The minimum atomic E-state index is -0.173. The first-order valence-electron chi connectivity index (χ1n) is 7.98. The van der Waals surface area contributed by atoms with Crippen LogP contribution in [0.5, 0.6) is 0 Å². The van der Waals surface area contributed by atoms with Gasteiger partial charge in [0.1, 0.15) is 0 Å². The van der Waals surface area contributed by atoms with Crippen molar-refractivity contribution in [2.45, 2.75) is 0 Å². The monoisotopic (exact) mass is 458 g/mol. The molecule has 4 rings (SSSR count). The first kappa shape index (κ1) is 16.6. The van der Waals surface area contributed by atoms with Crippen LogP contribution in [0, 0.1) is 5.82 Å². The molecule has 0 aliphatic rings. The van der Waals surface area contributed by atoms with Gasteiger partial charge in [0.2, 0.25) is 0 Å². The van der Waals surface area contributed by atoms with Crippen molar-refractivity contribution in [3.05, 3.63) is 96.8 Å². The second-order valence-electron chi connectivity index (χ2n) is 5.59. The van der Waals surface area contributed by atoms with E-state index in [2.05, 4.69) is 66.7 Å². The Balaban J connectivity index is 1.78. The van der Waals surface area contributed by atoms with Gasteiger partial charge in [0, 0.05) is 0 Å². The van der Waals surface area contributed by atoms with Gasteiger partial charge in [-0.25, -0.2) is 0 Å². The minimum absolute atomic E-state index is 0.173. The molecule has 0 spiro atoms. The van der Waals surface area contributed by atoms with E-state index in [1.807, 2.05) is 12.1 Å². The van der Waals surface area contributed by atoms with E-state index in [1.165, 1.54) is 28.9 Å². The number of halogens is 1. The summed E-state index contributed by atoms with van der Waals surface area (Å²) in [6.45, 7) is 0. The van der Waals surface area contributed by atoms with Gasteiger partial charge >= 0.3 is 160 Å². The van der Waals surface area contributed by atoms with Gasteiger partial charge in [-0.2, -0.15) is 0 Å². The maximum atomic E-state index is 13.2. The molecule has 4 aromatic rings. The molecule has 0 amide bonds. The Morgan fingerprint density at radius 1 is 0.680 bits per heavy atom. The zero-order valence-corrected chi connectivity index (χ0v) is 16.8. The van der Waals surface area contributed by atoms with E-state index in [9.17, 15) is 4.39 Å². The fourth-order valence-electron chi connectivity index (χ4n) is 2.62. The van der Waals surface area contributed by atoms with Crippen LogP contribution in [0.15, 0.2) is 91.0 Å². The summed E-state index contributed by atoms with van der Waals surface area (Å²) in [7, 11) is 0. The third kappa shape index (κ3) is 3.86. The molecule has 0 saturated heterocycles. The van der Waals surface area contributed by atoms with Gasteiger partial charge in [0.05, 0.1) is 0 Å². The molecule has 0 unspecified atom stereocenters. The molecule has 0 saturated carbocycles. The molecule has 0 N–H and O–H groups in total. The van der Waals surface area contributed by atoms with Crippen molar-refractivity contribution in [3.8, 4) is 20.0 Å². The molecule has 1 aromatic heterocycles. The van der Waals surface area contributed by atoms with Gasteiger partial charge in [0.25, 0.3) is 0 Å². The van der Waals surface area contributed by atoms with E-state index in [0.29, 0.717) is 14.5 Å². The van der Waals surface area contributed by atoms with Gasteiger partial charge in [0.15, 0.2) is 0 Å². The van der Waals surface area contributed by atoms with Crippen LogP contribution in [-0.4, -0.2) is 29.5 Å². The van der Waals surface area contributed by atoms with Crippen molar-refractivity contribution in [3.63, 3.8) is 0 Å². The predicted molar refractivity (Wildman–Crippen MR) is 106 cm³/mol. The summed E-state index contributed by atoms with van der Waals surface area (Å²) in [6.07, 6.45) is 0. The molecule has 1 heterocycles. The predicted octanol–water partition coefficient (Wildman–Crippen LogP) is 3.87. The van der Waals surface area contributed by atoms with Crippen LogP contribution in [0.25, 0.3) is 20.0 Å². The summed E-state index contributed by atoms with van der Waals surface area (Å²) in [6, 6.07) is 30.6. The summed E-state index contributed by atoms with van der Waals surface area (Å²) >= 11 is 0.469. The fourth-order valence-corrected chi connectivity index (χ4v) is 8.05. The molecule has 0 radical (unpaired) electrons. The third-order valence-corrected chi connectivity index (χ3v) is 9.28. The molecule has 3 heteroatoms. The molecular weight excluding hydrogens is 441 g/mol. The van der Waals surface area contributed by atoms with Crippen LogP contribution in [-0.2, 0) is 0 Å². The van der Waals surface area contributed by atoms with Gasteiger partial charge in [-0.3, -0.25) is 0 Å². The first-order chi connectivity index (χ1) is 12.3. The molecule has 0 aliphatic heterocycles. The second-order valence-corrected chi connectivity index (χ2v) is 10.1. The van der Waals surface area contributed by atoms with E-state index in [0.717, 1.165) is 0 Å². The van der Waals surface area contributed by atoms with Crippen LogP contribution in [0.3, 0.4) is 0 Å². The van der Waals surface area contributed by atoms with E-state index >= 15 is 0 Å². The number of rotatable bonds is 4. The molecule has 25 heavy (non-hydrogen) atoms. The Kier molecular flexibility index (Phi) is 5.01. The summed E-state index contributed by atoms with van der Waals surface area (Å²) in [5.41, 5.74) is 2.62. The molecule has 0 bridgehead atoms. The van der Waals surface area contributed by atoms with Crippen molar-refractivity contribution in [1.29, 1.82) is 0 Å². The average molecular weight is 456 g/mol. The normalized spacial score (nSPS) is 10.8. The van der Waals surface area contributed by atoms with E-state index in [4.69, 9.17) is 0 Å². The van der Waals surface area contributed by atoms with E-state index in [-0.39, 0.29) is 20.8 Å². The third-order valence-electron chi connectivity index (χ3n) is 3.83. The number of hydrogen-bond acceptors (Lipinski definition) is 0. The van der Waals surface area contributed by atoms with Crippen LogP contribution < -0.4 is 8.92 Å². The zero-order chi connectivity index (χ0) is 17.1. The zero-order valence-electron chi connectivity index (χ0n) is 13.4. The topological polar surface area (TPSA) is 0 Å². The summed E-state index contributed by atoms with van der Waals surface area (Å²) in [5, 5.41) is 0. The standard InChI is InChI=1S/C22H15FSe2/c23-18-11-13-19(14-12-18)24-21-15-20(16-7-3-1-4-8-16)25-22(21)17-9-5-2-6-10-17/h1-15H. The Morgan fingerprint density at radius 3 is 1.92 bits per heavy atom. The van der Waals surface area contributed by atoms with E-state index < -0.39 is 0 Å². The van der Waals surface area contributed by atoms with Crippen molar-refractivity contribution in [2.75, 3.05) is 0 Å². The van der Waals surface area contributed by atoms with Crippen molar-refractivity contribution in [1.82, 2.24) is 0 Å². The van der Waals surface area contributed by atoms with Crippen LogP contribution in [0.1, 0.15) is 0 Å². The first-order valence-corrected chi connectivity index (χ1v) is 11.4. The molecule has 0 aliphatic carbocycles. The quantitative estimate of drug-likeness (QED) is 0.409. The van der Waals surface area contributed by atoms with E-state index in [1.54, 1.807) is 12.1 Å². The summed E-state index contributed by atoms with van der Waals surface area (Å²) in [5.74, 6) is -0.173. The fraction of sp³-hybridized carbons (Fsp3) is 0. The molecule has 3 aromatic carbocycles.